The van der Waals surface area contributed by atoms with Gasteiger partial charge in [0, 0.05) is 32.9 Å². The van der Waals surface area contributed by atoms with E-state index in [1.807, 2.05) is 18.1 Å². The number of thiophene rings is 1. The van der Waals surface area contributed by atoms with E-state index in [-0.39, 0.29) is 11.4 Å². The topological polar surface area (TPSA) is 109 Å². The van der Waals surface area contributed by atoms with Crippen LogP contribution in [0.1, 0.15) is 29.2 Å². The van der Waals surface area contributed by atoms with Gasteiger partial charge in [-0.2, -0.15) is 18.3 Å². The van der Waals surface area contributed by atoms with Gasteiger partial charge in [0.25, 0.3) is 5.91 Å². The first-order valence-corrected chi connectivity index (χ1v) is 11.6. The maximum Gasteiger partial charge on any atom is 0.490 e. The van der Waals surface area contributed by atoms with Crippen molar-refractivity contribution in [3.8, 4) is 10.7 Å². The minimum absolute atomic E-state index is 0.0158. The van der Waals surface area contributed by atoms with Gasteiger partial charge in [0.05, 0.1) is 17.0 Å². The Bertz CT molecular complexity index is 1200. The minimum atomic E-state index is -5.08. The number of nitrogens with zero attached hydrogens (tertiary/aromatic N) is 7. The largest absolute Gasteiger partial charge is 0.490 e. The smallest absolute Gasteiger partial charge is 0.475 e. The molecule has 0 atom stereocenters. The highest BCUT2D eigenvalue weighted by molar-refractivity contribution is 7.13. The van der Waals surface area contributed by atoms with E-state index in [1.165, 1.54) is 0 Å². The molecule has 5 rings (SSSR count). The van der Waals surface area contributed by atoms with Crippen LogP contribution in [0.2, 0.25) is 0 Å². The number of carboxylic acid groups (broad SMARTS) is 1. The average molecular weight is 512 g/mol. The van der Waals surface area contributed by atoms with Crippen molar-refractivity contribution in [2.24, 2.45) is 7.05 Å². The van der Waals surface area contributed by atoms with Crippen LogP contribution in [0.5, 0.6) is 0 Å². The monoisotopic (exact) mass is 511 g/mol. The summed E-state index contributed by atoms with van der Waals surface area (Å²) in [5.74, 6) is -0.765. The highest BCUT2D eigenvalue weighted by Crippen LogP contribution is 2.39. The number of carbonyl (C=O) groups is 2. The zero-order valence-electron chi connectivity index (χ0n) is 19.1. The molecule has 1 spiro atoms. The number of hydrogen-bond donors (Lipinski definition) is 1. The van der Waals surface area contributed by atoms with Gasteiger partial charge in [-0.1, -0.05) is 6.07 Å². The third-order valence-electron chi connectivity index (χ3n) is 6.08. The standard InChI is InChI=1S/C19H23N7OS.C2HF3O2/c1-23-12-16-20-21-17(15-4-3-11-28-15)26(16)19(13-23)6-9-25(10-7-19)18(27)14-5-8-24(2)22-14;3-2(4,5)1(6)7/h3-5,8,11H,6-7,9-10,12-13H2,1-2H3;(H,6,7). The van der Waals surface area contributed by atoms with Crippen LogP contribution in [0, 0.1) is 0 Å². The number of piperidine rings is 1. The molecule has 0 bridgehead atoms. The molecular formula is C21H24F3N7O3S. The van der Waals surface area contributed by atoms with Crippen LogP contribution < -0.4 is 0 Å². The van der Waals surface area contributed by atoms with Crippen molar-refractivity contribution in [3.63, 3.8) is 0 Å². The van der Waals surface area contributed by atoms with Crippen LogP contribution in [0.25, 0.3) is 10.7 Å². The number of aryl methyl sites for hydroxylation is 1. The second-order valence-corrected chi connectivity index (χ2v) is 9.57. The molecule has 0 aromatic carbocycles. The van der Waals surface area contributed by atoms with E-state index in [0.717, 1.165) is 42.5 Å². The summed E-state index contributed by atoms with van der Waals surface area (Å²) < 4.78 is 35.8. The molecule has 3 aromatic heterocycles. The minimum Gasteiger partial charge on any atom is -0.475 e. The number of hydrogen-bond acceptors (Lipinski definition) is 7. The Kier molecular flexibility index (Phi) is 6.68. The Morgan fingerprint density at radius 2 is 1.83 bits per heavy atom. The fourth-order valence-corrected chi connectivity index (χ4v) is 5.25. The van der Waals surface area contributed by atoms with Crippen LogP contribution >= 0.6 is 11.3 Å². The summed E-state index contributed by atoms with van der Waals surface area (Å²) >= 11 is 1.69. The summed E-state index contributed by atoms with van der Waals surface area (Å²) in [6.45, 7) is 3.17. The molecule has 14 heteroatoms. The van der Waals surface area contributed by atoms with Crippen molar-refractivity contribution >= 4 is 23.2 Å². The predicted molar refractivity (Wildman–Crippen MR) is 120 cm³/mol. The van der Waals surface area contributed by atoms with Crippen molar-refractivity contribution in [1.29, 1.82) is 0 Å². The first-order valence-electron chi connectivity index (χ1n) is 10.8. The van der Waals surface area contributed by atoms with E-state index in [2.05, 4.69) is 49.3 Å². The fraction of sp³-hybridized carbons (Fsp3) is 0.476. The summed E-state index contributed by atoms with van der Waals surface area (Å²) in [7, 11) is 3.97. The Morgan fingerprint density at radius 1 is 1.14 bits per heavy atom. The molecule has 5 heterocycles. The lowest BCUT2D eigenvalue weighted by Crippen LogP contribution is -2.56. The van der Waals surface area contributed by atoms with Gasteiger partial charge < -0.3 is 14.6 Å². The number of carboxylic acids is 1. The van der Waals surface area contributed by atoms with E-state index < -0.39 is 12.1 Å². The van der Waals surface area contributed by atoms with Gasteiger partial charge >= 0.3 is 12.1 Å². The number of likely N-dealkylation sites (tertiary alicyclic amines) is 1. The van der Waals surface area contributed by atoms with Gasteiger partial charge in [-0.3, -0.25) is 14.4 Å². The number of aromatic nitrogens is 5. The molecule has 0 unspecified atom stereocenters. The number of aliphatic carboxylic acids is 1. The van der Waals surface area contributed by atoms with Gasteiger partial charge in [-0.15, -0.1) is 21.5 Å². The normalized spacial score (nSPS) is 17.6. The summed E-state index contributed by atoms with van der Waals surface area (Å²) in [5.41, 5.74) is 0.440. The van der Waals surface area contributed by atoms with Gasteiger partial charge in [0.1, 0.15) is 11.5 Å². The Morgan fingerprint density at radius 3 is 2.37 bits per heavy atom. The van der Waals surface area contributed by atoms with Crippen molar-refractivity contribution < 1.29 is 27.9 Å². The summed E-state index contributed by atoms with van der Waals surface area (Å²) in [6.07, 6.45) is -1.50. The SMILES string of the molecule is CN1Cc2nnc(-c3cccs3)n2C2(CCN(C(=O)c3ccn(C)n3)CC2)C1.O=C(O)C(F)(F)F. The van der Waals surface area contributed by atoms with E-state index in [1.54, 1.807) is 22.1 Å². The number of carbonyl (C=O) groups excluding carboxylic acids is 1. The molecule has 1 amide bonds. The van der Waals surface area contributed by atoms with Crippen molar-refractivity contribution in [1.82, 2.24) is 34.3 Å². The molecule has 0 aliphatic carbocycles. The molecule has 0 radical (unpaired) electrons. The quantitative estimate of drug-likeness (QED) is 0.563. The van der Waals surface area contributed by atoms with Gasteiger partial charge in [0.2, 0.25) is 0 Å². The second kappa shape index (κ2) is 9.41. The predicted octanol–water partition coefficient (Wildman–Crippen LogP) is 2.45. The summed E-state index contributed by atoms with van der Waals surface area (Å²) in [6, 6.07) is 5.94. The molecule has 10 nitrogen and oxygen atoms in total. The van der Waals surface area contributed by atoms with Crippen LogP contribution in [0.3, 0.4) is 0 Å². The highest BCUT2D eigenvalue weighted by atomic mass is 32.1. The maximum absolute atomic E-state index is 12.8. The van der Waals surface area contributed by atoms with Gasteiger partial charge in [0.15, 0.2) is 5.82 Å². The lowest BCUT2D eigenvalue weighted by Gasteiger charge is -2.48. The summed E-state index contributed by atoms with van der Waals surface area (Å²) in [4.78, 5) is 27.1. The number of rotatable bonds is 2. The van der Waals surface area contributed by atoms with E-state index in [0.29, 0.717) is 18.8 Å². The van der Waals surface area contributed by atoms with Crippen LogP contribution in [-0.4, -0.2) is 84.2 Å². The number of halogens is 3. The molecule has 1 saturated heterocycles. The van der Waals surface area contributed by atoms with Gasteiger partial charge in [-0.05, 0) is 37.4 Å². The molecular weight excluding hydrogens is 487 g/mol. The van der Waals surface area contributed by atoms with Crippen LogP contribution in [-0.2, 0) is 23.9 Å². The number of amides is 1. The Labute approximate surface area is 202 Å². The molecule has 2 aliphatic heterocycles. The first-order chi connectivity index (χ1) is 16.5. The van der Waals surface area contributed by atoms with Crippen LogP contribution in [0.15, 0.2) is 29.8 Å². The first kappa shape index (κ1) is 24.9. The van der Waals surface area contributed by atoms with Crippen molar-refractivity contribution in [2.45, 2.75) is 31.1 Å². The summed E-state index contributed by atoms with van der Waals surface area (Å²) in [5, 5.41) is 22.5. The zero-order chi connectivity index (χ0) is 25.4. The number of likely N-dealkylation sites (N-methyl/N-ethyl adjacent to an activating group) is 1. The molecule has 1 fully saturated rings. The van der Waals surface area contributed by atoms with Crippen molar-refractivity contribution in [3.05, 3.63) is 41.3 Å². The molecule has 188 valence electrons. The number of fused-ring (bicyclic) bond motifs is 2. The van der Waals surface area contributed by atoms with Crippen molar-refractivity contribution in [2.75, 3.05) is 26.7 Å². The fourth-order valence-electron chi connectivity index (χ4n) is 4.55. The zero-order valence-corrected chi connectivity index (χ0v) is 19.9. The molecule has 0 saturated carbocycles. The average Bonchev–Trinajstić information content (AvgIpc) is 3.54. The Balaban J connectivity index is 0.000000364. The highest BCUT2D eigenvalue weighted by Gasteiger charge is 2.44. The third-order valence-corrected chi connectivity index (χ3v) is 6.94. The van der Waals surface area contributed by atoms with Gasteiger partial charge in [-0.25, -0.2) is 4.79 Å². The second-order valence-electron chi connectivity index (χ2n) is 8.62. The Hall–Kier alpha value is -3.26. The molecule has 2 aliphatic rings. The molecule has 3 aromatic rings. The lowest BCUT2D eigenvalue weighted by molar-refractivity contribution is -0.192. The molecule has 1 N–H and O–H groups in total. The maximum atomic E-state index is 12.8. The number of alkyl halides is 3. The van der Waals surface area contributed by atoms with E-state index >= 15 is 0 Å². The lowest BCUT2D eigenvalue weighted by atomic mass is 9.84. The van der Waals surface area contributed by atoms with Crippen LogP contribution in [0.4, 0.5) is 13.2 Å². The van der Waals surface area contributed by atoms with E-state index in [9.17, 15) is 18.0 Å². The van der Waals surface area contributed by atoms with E-state index in [4.69, 9.17) is 9.90 Å². The molecule has 35 heavy (non-hydrogen) atoms. The third kappa shape index (κ3) is 5.07.